The Morgan fingerprint density at radius 3 is 3.00 bits per heavy atom. The second kappa shape index (κ2) is 8.58. The topological polar surface area (TPSA) is 81.8 Å². The Morgan fingerprint density at radius 2 is 2.27 bits per heavy atom. The minimum Gasteiger partial charge on any atom is -0.474 e. The molecule has 0 bridgehead atoms. The Labute approximate surface area is 132 Å². The highest BCUT2D eigenvalue weighted by Crippen LogP contribution is 2.23. The number of methoxy groups -OCH3 is 1. The molecule has 1 fully saturated rings. The van der Waals surface area contributed by atoms with Gasteiger partial charge in [0, 0.05) is 25.4 Å². The third-order valence-corrected chi connectivity index (χ3v) is 3.63. The van der Waals surface area contributed by atoms with Crippen LogP contribution in [0.25, 0.3) is 0 Å². The van der Waals surface area contributed by atoms with E-state index in [1.165, 1.54) is 12.8 Å². The van der Waals surface area contributed by atoms with Crippen LogP contribution in [0.2, 0.25) is 0 Å². The number of ether oxygens (including phenoxy) is 2. The average molecular weight is 306 g/mol. The van der Waals surface area contributed by atoms with E-state index in [-0.39, 0.29) is 6.04 Å². The lowest BCUT2D eigenvalue weighted by Gasteiger charge is -2.13. The monoisotopic (exact) mass is 306 g/mol. The van der Waals surface area contributed by atoms with Crippen LogP contribution in [0.3, 0.4) is 0 Å². The largest absolute Gasteiger partial charge is 0.474 e. The SMILES string of the molecule is COCC(C)NC(N)=NCc1ccnc(OC2CCCC2)c1. The van der Waals surface area contributed by atoms with Crippen LogP contribution in [-0.2, 0) is 11.3 Å². The van der Waals surface area contributed by atoms with Crippen molar-refractivity contribution in [1.29, 1.82) is 0 Å². The highest BCUT2D eigenvalue weighted by atomic mass is 16.5. The molecule has 2 rings (SSSR count). The summed E-state index contributed by atoms with van der Waals surface area (Å²) in [5.41, 5.74) is 6.89. The molecule has 1 aliphatic carbocycles. The third kappa shape index (κ3) is 5.52. The molecule has 0 amide bonds. The van der Waals surface area contributed by atoms with E-state index in [4.69, 9.17) is 15.2 Å². The van der Waals surface area contributed by atoms with Crippen LogP contribution in [-0.4, -0.2) is 36.8 Å². The Kier molecular flexibility index (Phi) is 6.45. The van der Waals surface area contributed by atoms with Crippen molar-refractivity contribution in [2.75, 3.05) is 13.7 Å². The fourth-order valence-corrected chi connectivity index (χ4v) is 2.56. The minimum absolute atomic E-state index is 0.132. The summed E-state index contributed by atoms with van der Waals surface area (Å²) in [5.74, 6) is 1.10. The van der Waals surface area contributed by atoms with E-state index in [0.29, 0.717) is 31.1 Å². The Balaban J connectivity index is 1.86. The molecule has 1 atom stereocenters. The van der Waals surface area contributed by atoms with Crippen LogP contribution >= 0.6 is 0 Å². The van der Waals surface area contributed by atoms with Crippen molar-refractivity contribution in [1.82, 2.24) is 10.3 Å². The molecule has 1 heterocycles. The number of guanidine groups is 1. The van der Waals surface area contributed by atoms with Gasteiger partial charge < -0.3 is 20.5 Å². The zero-order valence-electron chi connectivity index (χ0n) is 13.4. The fourth-order valence-electron chi connectivity index (χ4n) is 2.56. The van der Waals surface area contributed by atoms with Crippen molar-refractivity contribution in [3.05, 3.63) is 23.9 Å². The van der Waals surface area contributed by atoms with E-state index < -0.39 is 0 Å². The van der Waals surface area contributed by atoms with E-state index in [1.54, 1.807) is 13.3 Å². The Bertz CT molecular complexity index is 487. The van der Waals surface area contributed by atoms with Gasteiger partial charge in [-0.2, -0.15) is 0 Å². The number of nitrogens with zero attached hydrogens (tertiary/aromatic N) is 2. The smallest absolute Gasteiger partial charge is 0.213 e. The van der Waals surface area contributed by atoms with Crippen LogP contribution in [0.15, 0.2) is 23.3 Å². The van der Waals surface area contributed by atoms with Crippen molar-refractivity contribution in [3.8, 4) is 5.88 Å². The normalized spacial score (nSPS) is 17.5. The fraction of sp³-hybridized carbons (Fsp3) is 0.625. The Morgan fingerprint density at radius 1 is 1.50 bits per heavy atom. The lowest BCUT2D eigenvalue weighted by Crippen LogP contribution is -2.40. The van der Waals surface area contributed by atoms with E-state index in [1.807, 2.05) is 19.1 Å². The summed E-state index contributed by atoms with van der Waals surface area (Å²) in [6.45, 7) is 3.08. The van der Waals surface area contributed by atoms with Gasteiger partial charge in [-0.25, -0.2) is 9.98 Å². The summed E-state index contributed by atoms with van der Waals surface area (Å²) in [6, 6.07) is 4.00. The molecule has 0 saturated heterocycles. The standard InChI is InChI=1S/C16H26N4O2/c1-12(11-21-2)20-16(17)19-10-13-7-8-18-15(9-13)22-14-5-3-4-6-14/h7-9,12,14H,3-6,10-11H2,1-2H3,(H3,17,19,20). The zero-order chi connectivity index (χ0) is 15.8. The lowest BCUT2D eigenvalue weighted by molar-refractivity contribution is 0.179. The van der Waals surface area contributed by atoms with Gasteiger partial charge in [0.05, 0.1) is 13.2 Å². The summed E-state index contributed by atoms with van der Waals surface area (Å²) < 4.78 is 10.9. The number of pyridine rings is 1. The van der Waals surface area contributed by atoms with Gasteiger partial charge in [0.2, 0.25) is 5.88 Å². The van der Waals surface area contributed by atoms with Gasteiger partial charge >= 0.3 is 0 Å². The van der Waals surface area contributed by atoms with Crippen LogP contribution in [0.4, 0.5) is 0 Å². The molecule has 122 valence electrons. The maximum atomic E-state index is 5.90. The number of hydrogen-bond donors (Lipinski definition) is 2. The summed E-state index contributed by atoms with van der Waals surface area (Å²) in [4.78, 5) is 8.60. The molecule has 0 aromatic carbocycles. The van der Waals surface area contributed by atoms with Crippen molar-refractivity contribution < 1.29 is 9.47 Å². The molecule has 1 unspecified atom stereocenters. The van der Waals surface area contributed by atoms with Gasteiger partial charge in [-0.05, 0) is 44.2 Å². The zero-order valence-corrected chi connectivity index (χ0v) is 13.4. The first-order valence-corrected chi connectivity index (χ1v) is 7.84. The first kappa shape index (κ1) is 16.5. The number of aromatic nitrogens is 1. The minimum atomic E-state index is 0.132. The maximum Gasteiger partial charge on any atom is 0.213 e. The predicted octanol–water partition coefficient (Wildman–Crippen LogP) is 1.84. The van der Waals surface area contributed by atoms with Crippen molar-refractivity contribution in [2.24, 2.45) is 10.7 Å². The van der Waals surface area contributed by atoms with Crippen molar-refractivity contribution >= 4 is 5.96 Å². The van der Waals surface area contributed by atoms with Gasteiger partial charge in [0.1, 0.15) is 6.10 Å². The average Bonchev–Trinajstić information content (AvgIpc) is 2.99. The molecule has 22 heavy (non-hydrogen) atoms. The van der Waals surface area contributed by atoms with Gasteiger partial charge in [-0.15, -0.1) is 0 Å². The molecular formula is C16H26N4O2. The van der Waals surface area contributed by atoms with Crippen molar-refractivity contribution in [2.45, 2.75) is 51.3 Å². The summed E-state index contributed by atoms with van der Waals surface area (Å²) >= 11 is 0. The maximum absolute atomic E-state index is 5.90. The number of nitrogens with one attached hydrogen (secondary N) is 1. The lowest BCUT2D eigenvalue weighted by atomic mass is 10.2. The van der Waals surface area contributed by atoms with E-state index in [2.05, 4.69) is 15.3 Å². The number of nitrogens with two attached hydrogens (primary N) is 1. The number of aliphatic imine (C=N–C) groups is 1. The second-order valence-corrected chi connectivity index (χ2v) is 5.73. The predicted molar refractivity (Wildman–Crippen MR) is 86.9 cm³/mol. The van der Waals surface area contributed by atoms with Crippen LogP contribution < -0.4 is 15.8 Å². The summed E-state index contributed by atoms with van der Waals surface area (Å²) in [5, 5.41) is 3.08. The molecule has 1 aromatic rings. The van der Waals surface area contributed by atoms with Gasteiger partial charge in [0.25, 0.3) is 0 Å². The first-order valence-electron chi connectivity index (χ1n) is 7.84. The number of hydrogen-bond acceptors (Lipinski definition) is 4. The van der Waals surface area contributed by atoms with Crippen LogP contribution in [0.1, 0.15) is 38.2 Å². The molecule has 0 radical (unpaired) electrons. The molecule has 6 heteroatoms. The molecule has 0 aliphatic heterocycles. The summed E-state index contributed by atoms with van der Waals surface area (Å²) in [7, 11) is 1.66. The van der Waals surface area contributed by atoms with Gasteiger partial charge in [0.15, 0.2) is 5.96 Å². The van der Waals surface area contributed by atoms with Crippen molar-refractivity contribution in [3.63, 3.8) is 0 Å². The molecule has 1 aliphatic rings. The van der Waals surface area contributed by atoms with E-state index in [0.717, 1.165) is 18.4 Å². The van der Waals surface area contributed by atoms with Crippen LogP contribution in [0.5, 0.6) is 5.88 Å². The summed E-state index contributed by atoms with van der Waals surface area (Å²) in [6.07, 6.45) is 6.81. The van der Waals surface area contributed by atoms with E-state index >= 15 is 0 Å². The number of rotatable bonds is 7. The van der Waals surface area contributed by atoms with Gasteiger partial charge in [-0.3, -0.25) is 0 Å². The Hall–Kier alpha value is -1.82. The highest BCUT2D eigenvalue weighted by Gasteiger charge is 2.16. The quantitative estimate of drug-likeness (QED) is 0.593. The highest BCUT2D eigenvalue weighted by molar-refractivity contribution is 5.78. The molecule has 0 spiro atoms. The molecule has 1 aromatic heterocycles. The third-order valence-electron chi connectivity index (χ3n) is 3.63. The van der Waals surface area contributed by atoms with Crippen LogP contribution in [0, 0.1) is 0 Å². The van der Waals surface area contributed by atoms with E-state index in [9.17, 15) is 0 Å². The second-order valence-electron chi connectivity index (χ2n) is 5.73. The molecule has 3 N–H and O–H groups in total. The van der Waals surface area contributed by atoms with Gasteiger partial charge in [-0.1, -0.05) is 0 Å². The molecule has 1 saturated carbocycles. The molecular weight excluding hydrogens is 280 g/mol. The first-order chi connectivity index (χ1) is 10.7. The molecule has 6 nitrogen and oxygen atoms in total.